The lowest BCUT2D eigenvalue weighted by Gasteiger charge is -2.21. The van der Waals surface area contributed by atoms with E-state index in [1.807, 2.05) is 26.0 Å². The molecule has 0 radical (unpaired) electrons. The summed E-state index contributed by atoms with van der Waals surface area (Å²) >= 11 is 5.29. The molecule has 0 atom stereocenters. The van der Waals surface area contributed by atoms with Gasteiger partial charge in [-0.15, -0.1) is 0 Å². The molecule has 7 heteroatoms. The van der Waals surface area contributed by atoms with Crippen LogP contribution in [0.15, 0.2) is 24.3 Å². The molecular formula is C14H21O5PS. The minimum atomic E-state index is -2.73. The highest BCUT2D eigenvalue weighted by atomic mass is 32.5. The lowest BCUT2D eigenvalue weighted by atomic mass is 10.1. The van der Waals surface area contributed by atoms with Crippen molar-refractivity contribution in [2.45, 2.75) is 33.1 Å². The van der Waals surface area contributed by atoms with Gasteiger partial charge < -0.3 is 9.63 Å². The Morgan fingerprint density at radius 3 is 2.24 bits per heavy atom. The van der Waals surface area contributed by atoms with Gasteiger partial charge in [0.25, 0.3) is 0 Å². The van der Waals surface area contributed by atoms with Crippen molar-refractivity contribution in [3.05, 3.63) is 29.8 Å². The standard InChI is InChI=1S/C14H21O5PS/c1-3-17-20(21,18-4-2)19-13-10-8-12(9-11-13)6-5-7-14(15)16/h8-11H,3-7H2,1-2H3,(H,15,16). The second kappa shape index (κ2) is 9.15. The van der Waals surface area contributed by atoms with Crippen LogP contribution in [0.2, 0.25) is 0 Å². The van der Waals surface area contributed by atoms with Crippen LogP contribution in [0, 0.1) is 0 Å². The van der Waals surface area contributed by atoms with E-state index in [9.17, 15) is 4.79 Å². The first kappa shape index (κ1) is 18.1. The SMILES string of the molecule is CCOP(=S)(OCC)Oc1ccc(CCCC(=O)O)cc1. The fourth-order valence-electron chi connectivity index (χ4n) is 1.70. The maximum atomic E-state index is 10.5. The van der Waals surface area contributed by atoms with E-state index in [4.69, 9.17) is 30.5 Å². The van der Waals surface area contributed by atoms with Gasteiger partial charge in [0.05, 0.1) is 13.2 Å². The maximum absolute atomic E-state index is 10.5. The van der Waals surface area contributed by atoms with Gasteiger partial charge in [0.1, 0.15) is 5.75 Å². The van der Waals surface area contributed by atoms with E-state index in [-0.39, 0.29) is 6.42 Å². The molecule has 0 aliphatic carbocycles. The summed E-state index contributed by atoms with van der Waals surface area (Å²) < 4.78 is 16.5. The van der Waals surface area contributed by atoms with Crippen LogP contribution in [0.3, 0.4) is 0 Å². The van der Waals surface area contributed by atoms with Crippen LogP contribution in [0.1, 0.15) is 32.3 Å². The smallest absolute Gasteiger partial charge is 0.380 e. The van der Waals surface area contributed by atoms with Crippen molar-refractivity contribution in [1.82, 2.24) is 0 Å². The van der Waals surface area contributed by atoms with Crippen LogP contribution in [-0.4, -0.2) is 24.3 Å². The number of hydrogen-bond acceptors (Lipinski definition) is 5. The average molecular weight is 332 g/mol. The van der Waals surface area contributed by atoms with Crippen molar-refractivity contribution in [1.29, 1.82) is 0 Å². The molecule has 0 aliphatic heterocycles. The van der Waals surface area contributed by atoms with Gasteiger partial charge in [-0.3, -0.25) is 13.8 Å². The molecule has 0 fully saturated rings. The van der Waals surface area contributed by atoms with Gasteiger partial charge in [0.15, 0.2) is 0 Å². The number of rotatable bonds is 10. The summed E-state index contributed by atoms with van der Waals surface area (Å²) in [6.45, 7) is 1.82. The van der Waals surface area contributed by atoms with Gasteiger partial charge in [-0.1, -0.05) is 12.1 Å². The predicted molar refractivity (Wildman–Crippen MR) is 85.2 cm³/mol. The van der Waals surface area contributed by atoms with E-state index in [0.717, 1.165) is 12.0 Å². The average Bonchev–Trinajstić information content (AvgIpc) is 2.41. The third kappa shape index (κ3) is 7.05. The zero-order chi connectivity index (χ0) is 15.7. The summed E-state index contributed by atoms with van der Waals surface area (Å²) in [5, 5.41) is 8.61. The lowest BCUT2D eigenvalue weighted by Crippen LogP contribution is -2.02. The number of aryl methyl sites for hydroxylation is 1. The molecule has 0 saturated heterocycles. The predicted octanol–water partition coefficient (Wildman–Crippen LogP) is 3.77. The van der Waals surface area contributed by atoms with Gasteiger partial charge in [0.2, 0.25) is 0 Å². The molecule has 5 nitrogen and oxygen atoms in total. The number of carboxylic acid groups (broad SMARTS) is 1. The number of carbonyl (C=O) groups is 1. The van der Waals surface area contributed by atoms with E-state index in [1.165, 1.54) is 0 Å². The first-order valence-electron chi connectivity index (χ1n) is 6.88. The summed E-state index contributed by atoms with van der Waals surface area (Å²) in [6, 6.07) is 7.40. The Hall–Kier alpha value is -0.940. The molecular weight excluding hydrogens is 311 g/mol. The molecule has 0 unspecified atom stereocenters. The third-order valence-corrected chi connectivity index (χ3v) is 5.01. The second-order valence-corrected chi connectivity index (χ2v) is 7.20. The minimum absolute atomic E-state index is 0.174. The van der Waals surface area contributed by atoms with Crippen molar-refractivity contribution in [3.8, 4) is 5.75 Å². The number of aliphatic carboxylic acids is 1. The first-order valence-corrected chi connectivity index (χ1v) is 9.44. The molecule has 0 aromatic heterocycles. The Kier molecular flexibility index (Phi) is 7.89. The van der Waals surface area contributed by atoms with E-state index in [1.54, 1.807) is 12.1 Å². The Morgan fingerprint density at radius 1 is 1.19 bits per heavy atom. The Morgan fingerprint density at radius 2 is 1.76 bits per heavy atom. The molecule has 1 N–H and O–H groups in total. The zero-order valence-corrected chi connectivity index (χ0v) is 14.0. The van der Waals surface area contributed by atoms with Gasteiger partial charge >= 0.3 is 12.7 Å². The van der Waals surface area contributed by atoms with Crippen molar-refractivity contribution in [2.24, 2.45) is 0 Å². The molecule has 0 spiro atoms. The third-order valence-electron chi connectivity index (χ3n) is 2.57. The summed E-state index contributed by atoms with van der Waals surface area (Å²) in [7, 11) is 0. The maximum Gasteiger partial charge on any atom is 0.380 e. The van der Waals surface area contributed by atoms with Crippen LogP contribution in [-0.2, 0) is 32.1 Å². The summed E-state index contributed by atoms with van der Waals surface area (Å²) in [4.78, 5) is 10.5. The molecule has 0 amide bonds. The van der Waals surface area contributed by atoms with Crippen molar-refractivity contribution in [2.75, 3.05) is 13.2 Å². The molecule has 1 aromatic carbocycles. The highest BCUT2D eigenvalue weighted by Crippen LogP contribution is 2.49. The van der Waals surface area contributed by atoms with Crippen LogP contribution in [0.4, 0.5) is 0 Å². The summed E-state index contributed by atoms with van der Waals surface area (Å²) in [5.41, 5.74) is 1.06. The molecule has 0 aliphatic rings. The molecule has 21 heavy (non-hydrogen) atoms. The number of benzene rings is 1. The molecule has 0 bridgehead atoms. The molecule has 1 aromatic rings. The van der Waals surface area contributed by atoms with Crippen molar-refractivity contribution < 1.29 is 23.5 Å². The van der Waals surface area contributed by atoms with E-state index < -0.39 is 12.7 Å². The van der Waals surface area contributed by atoms with E-state index in [2.05, 4.69) is 0 Å². The van der Waals surface area contributed by atoms with Crippen LogP contribution >= 0.6 is 6.72 Å². The van der Waals surface area contributed by atoms with Crippen LogP contribution < -0.4 is 4.52 Å². The fourth-order valence-corrected chi connectivity index (χ4v) is 3.78. The molecule has 0 saturated carbocycles. The van der Waals surface area contributed by atoms with E-state index >= 15 is 0 Å². The number of hydrogen-bond donors (Lipinski definition) is 1. The van der Waals surface area contributed by atoms with Crippen molar-refractivity contribution in [3.63, 3.8) is 0 Å². The fraction of sp³-hybridized carbons (Fsp3) is 0.500. The molecule has 118 valence electrons. The number of carboxylic acids is 1. The largest absolute Gasteiger partial charge is 0.481 e. The summed E-state index contributed by atoms with van der Waals surface area (Å²) in [6.07, 6.45) is 1.51. The van der Waals surface area contributed by atoms with Gasteiger partial charge in [-0.2, -0.15) is 0 Å². The first-order chi connectivity index (χ1) is 9.99. The second-order valence-electron chi connectivity index (χ2n) is 4.27. The highest BCUT2D eigenvalue weighted by molar-refractivity contribution is 8.07. The quantitative estimate of drug-likeness (QED) is 0.658. The Balaban J connectivity index is 2.60. The normalized spacial score (nSPS) is 11.3. The van der Waals surface area contributed by atoms with E-state index in [0.29, 0.717) is 25.4 Å². The Labute approximate surface area is 130 Å². The summed E-state index contributed by atoms with van der Waals surface area (Å²) in [5.74, 6) is -0.175. The topological polar surface area (TPSA) is 65.0 Å². The molecule has 1 rings (SSSR count). The van der Waals surface area contributed by atoms with Gasteiger partial charge in [-0.25, -0.2) is 0 Å². The van der Waals surface area contributed by atoms with Crippen LogP contribution in [0.5, 0.6) is 5.75 Å². The van der Waals surface area contributed by atoms with Crippen LogP contribution in [0.25, 0.3) is 0 Å². The molecule has 0 heterocycles. The minimum Gasteiger partial charge on any atom is -0.481 e. The lowest BCUT2D eigenvalue weighted by molar-refractivity contribution is -0.137. The zero-order valence-electron chi connectivity index (χ0n) is 12.3. The Bertz CT molecular complexity index is 479. The highest BCUT2D eigenvalue weighted by Gasteiger charge is 2.20. The van der Waals surface area contributed by atoms with Crippen molar-refractivity contribution >= 4 is 24.5 Å². The van der Waals surface area contributed by atoms with Gasteiger partial charge in [0, 0.05) is 18.2 Å². The van der Waals surface area contributed by atoms with Gasteiger partial charge in [-0.05, 0) is 44.4 Å². The monoisotopic (exact) mass is 332 g/mol.